The van der Waals surface area contributed by atoms with Crippen LogP contribution in [-0.4, -0.2) is 27.0 Å². The van der Waals surface area contributed by atoms with E-state index in [2.05, 4.69) is 208 Å². The SMILES string of the molecule is CC.COc1c(N(Cc2ccccn2)Cc2ccccn2)cc2ccc3cccc4ccc1c2c34.[Cl][Cu].[Cl][Cu].c1ccc(CN(Cc2ccccn2)c2cc3ccc4cccc5ccc(c2)c3c45)nc1. The van der Waals surface area contributed by atoms with Gasteiger partial charge in [-0.1, -0.05) is 117 Å². The van der Waals surface area contributed by atoms with E-state index in [1.165, 1.54) is 64.9 Å². The Morgan fingerprint density at radius 2 is 0.729 bits per heavy atom. The van der Waals surface area contributed by atoms with E-state index in [-0.39, 0.29) is 0 Å². The number of hydrogen-bond acceptors (Lipinski definition) is 7. The summed E-state index contributed by atoms with van der Waals surface area (Å²) in [6, 6.07) is 61.8. The minimum atomic E-state index is 0.654. The normalized spacial score (nSPS) is 10.8. The molecule has 358 valence electrons. The fraction of sp³-hybridized carbons (Fsp3) is 0.119. The molecule has 0 N–H and O–H groups in total. The summed E-state index contributed by atoms with van der Waals surface area (Å²) in [5, 5.41) is 15.2. The minimum Gasteiger partial charge on any atom is -0.360 e. The molecule has 70 heavy (non-hydrogen) atoms. The second-order valence-electron chi connectivity index (χ2n) is 16.3. The molecule has 0 unspecified atom stereocenters. The zero-order valence-corrected chi connectivity index (χ0v) is 42.2. The summed E-state index contributed by atoms with van der Waals surface area (Å²) in [6.07, 6.45) is 7.39. The van der Waals surface area contributed by atoms with Crippen LogP contribution >= 0.6 is 20.2 Å². The number of pyridine rings is 4. The molecule has 0 atom stereocenters. The van der Waals surface area contributed by atoms with Gasteiger partial charge in [0.25, 0.3) is 0 Å². The van der Waals surface area contributed by atoms with Crippen molar-refractivity contribution in [1.29, 1.82) is 0 Å². The van der Waals surface area contributed by atoms with Crippen LogP contribution in [0, 0.1) is 0 Å². The monoisotopic (exact) mass is 1050 g/mol. The van der Waals surface area contributed by atoms with Gasteiger partial charge in [-0.25, -0.2) is 0 Å². The second kappa shape index (κ2) is 24.3. The van der Waals surface area contributed by atoms with Gasteiger partial charge >= 0.3 is 50.4 Å². The Labute approximate surface area is 434 Å². The van der Waals surface area contributed by atoms with E-state index in [0.29, 0.717) is 13.1 Å². The number of nitrogens with zero attached hydrogens (tertiary/aromatic N) is 6. The smallest absolute Gasteiger partial charge is 0.0606 e. The van der Waals surface area contributed by atoms with Gasteiger partial charge in [0.2, 0.25) is 0 Å². The van der Waals surface area contributed by atoms with Gasteiger partial charge in [-0.3, -0.25) is 19.9 Å². The van der Waals surface area contributed by atoms with Crippen LogP contribution in [0.25, 0.3) is 64.6 Å². The second-order valence-corrected chi connectivity index (χ2v) is 16.3. The fourth-order valence-corrected chi connectivity index (χ4v) is 9.35. The first kappa shape index (κ1) is 49.9. The van der Waals surface area contributed by atoms with Gasteiger partial charge in [0, 0.05) is 41.2 Å². The molecule has 11 heteroatoms. The van der Waals surface area contributed by atoms with Crippen molar-refractivity contribution in [2.75, 3.05) is 16.9 Å². The molecule has 8 aromatic carbocycles. The Balaban J connectivity index is 0.000000171. The molecule has 0 amide bonds. The molecule has 0 spiro atoms. The van der Waals surface area contributed by atoms with Crippen molar-refractivity contribution in [1.82, 2.24) is 19.9 Å². The van der Waals surface area contributed by atoms with E-state index in [4.69, 9.17) is 4.74 Å². The number of aromatic nitrogens is 4. The van der Waals surface area contributed by atoms with Crippen LogP contribution in [0.4, 0.5) is 11.4 Å². The molecule has 0 aliphatic heterocycles. The summed E-state index contributed by atoms with van der Waals surface area (Å²) >= 11 is 7.32. The Bertz CT molecular complexity index is 3360. The van der Waals surface area contributed by atoms with Crippen molar-refractivity contribution >= 4 is 96.2 Å². The van der Waals surface area contributed by atoms with Gasteiger partial charge in [-0.05, 0) is 127 Å². The summed E-state index contributed by atoms with van der Waals surface area (Å²) in [6.45, 7) is 6.76. The molecule has 0 fully saturated rings. The maximum absolute atomic E-state index is 6.08. The largest absolute Gasteiger partial charge is 0.360 e. The molecular weight excluding hydrogens is 1010 g/mol. The van der Waals surface area contributed by atoms with Gasteiger partial charge in [0.15, 0.2) is 0 Å². The Kier molecular flexibility index (Phi) is 17.3. The van der Waals surface area contributed by atoms with E-state index in [1.807, 2.05) is 87.2 Å². The van der Waals surface area contributed by atoms with Crippen LogP contribution in [0.2, 0.25) is 0 Å². The first-order valence-corrected chi connectivity index (χ1v) is 25.5. The molecule has 0 radical (unpaired) electrons. The van der Waals surface area contributed by atoms with E-state index in [9.17, 15) is 0 Å². The van der Waals surface area contributed by atoms with Crippen LogP contribution in [0.1, 0.15) is 36.6 Å². The number of hydrogen-bond donors (Lipinski definition) is 0. The molecule has 4 heterocycles. The predicted octanol–water partition coefficient (Wildman–Crippen LogP) is 15.6. The maximum atomic E-state index is 6.08. The van der Waals surface area contributed by atoms with Crippen LogP contribution in [-0.2, 0) is 56.4 Å². The molecule has 0 saturated heterocycles. The molecule has 7 nitrogen and oxygen atoms in total. The van der Waals surface area contributed by atoms with Crippen molar-refractivity contribution in [3.05, 3.63) is 223 Å². The number of benzene rings is 8. The average molecular weight is 1060 g/mol. The number of rotatable bonds is 11. The number of halogens is 2. The van der Waals surface area contributed by atoms with Crippen LogP contribution in [0.5, 0.6) is 5.75 Å². The molecule has 12 aromatic rings. The number of ether oxygens (including phenoxy) is 1. The molecule has 0 saturated carbocycles. The van der Waals surface area contributed by atoms with Crippen LogP contribution in [0.15, 0.2) is 201 Å². The zero-order valence-electron chi connectivity index (χ0n) is 38.8. The van der Waals surface area contributed by atoms with Crippen LogP contribution in [0.3, 0.4) is 0 Å². The summed E-state index contributed by atoms with van der Waals surface area (Å²) in [5.41, 5.74) is 6.31. The summed E-state index contributed by atoms with van der Waals surface area (Å²) in [4.78, 5) is 23.0. The van der Waals surface area contributed by atoms with E-state index in [1.54, 1.807) is 7.11 Å². The standard InChI is InChI=1S/C29H23N3O.C28H21N3.C2H6.2ClH.2Cu/c1-33-29-25-14-13-21-8-6-7-20-11-12-22(28(25)27(20)21)17-26(29)32(18-23-9-2-4-15-30-23)19-24-10-3-5-16-31-24;1-3-14-29-24(8-1)18-31(19-25-9-2-4-15-30-25)26-16-22-12-10-20-6-5-7-21-11-13-23(17-26)28(22)27(20)21;1-2;;;;/h2-17H,18-19H2,1H3;1-17H,18-19H2;1-2H3;2*1H;;/q;;;;;2*+1/p-2. The Morgan fingerprint density at radius 1 is 0.386 bits per heavy atom. The van der Waals surface area contributed by atoms with Gasteiger partial charge in [-0.15, -0.1) is 0 Å². The van der Waals surface area contributed by atoms with Crippen molar-refractivity contribution < 1.29 is 34.9 Å². The third-order valence-corrected chi connectivity index (χ3v) is 12.3. The number of anilines is 2. The van der Waals surface area contributed by atoms with E-state index < -0.39 is 0 Å². The van der Waals surface area contributed by atoms with Gasteiger partial charge in [-0.2, -0.15) is 0 Å². The Morgan fingerprint density at radius 3 is 1.11 bits per heavy atom. The summed E-state index contributed by atoms with van der Waals surface area (Å²) < 4.78 is 6.08. The predicted molar refractivity (Wildman–Crippen MR) is 287 cm³/mol. The Hall–Kier alpha value is -6.54. The van der Waals surface area contributed by atoms with Gasteiger partial charge < -0.3 is 14.5 Å². The maximum Gasteiger partial charge on any atom is 0.0606 e. The molecule has 4 aromatic heterocycles. The van der Waals surface area contributed by atoms with Crippen LogP contribution < -0.4 is 14.5 Å². The quantitative estimate of drug-likeness (QED) is 0.0944. The molecule has 12 rings (SSSR count). The minimum absolute atomic E-state index is 0.654. The van der Waals surface area contributed by atoms with E-state index in [0.717, 1.165) is 52.7 Å². The third kappa shape index (κ3) is 10.9. The molecule has 0 aliphatic carbocycles. The molecule has 0 bridgehead atoms. The van der Waals surface area contributed by atoms with E-state index >= 15 is 0 Å². The van der Waals surface area contributed by atoms with Crippen molar-refractivity contribution in [2.45, 2.75) is 40.0 Å². The zero-order chi connectivity index (χ0) is 48.8. The van der Waals surface area contributed by atoms with Crippen molar-refractivity contribution in [3.63, 3.8) is 0 Å². The summed E-state index contributed by atoms with van der Waals surface area (Å²) in [5.74, 6) is 0.882. The van der Waals surface area contributed by atoms with Crippen molar-refractivity contribution in [3.8, 4) is 5.75 Å². The topological polar surface area (TPSA) is 67.3 Å². The number of methoxy groups -OCH3 is 1. The van der Waals surface area contributed by atoms with Gasteiger partial charge in [0.05, 0.1) is 61.8 Å². The average Bonchev–Trinajstić information content (AvgIpc) is 3.44. The first-order valence-electron chi connectivity index (χ1n) is 22.9. The summed E-state index contributed by atoms with van der Waals surface area (Å²) in [7, 11) is 10.2. The first-order chi connectivity index (χ1) is 34.7. The molecule has 0 aliphatic rings. The molecular formula is C59H50Cl2Cu2N6O. The van der Waals surface area contributed by atoms with Crippen molar-refractivity contribution in [2.24, 2.45) is 0 Å². The fourth-order valence-electron chi connectivity index (χ4n) is 9.35. The van der Waals surface area contributed by atoms with Gasteiger partial charge in [0.1, 0.15) is 5.75 Å². The third-order valence-electron chi connectivity index (χ3n) is 12.3.